The Morgan fingerprint density at radius 3 is 2.62 bits per heavy atom. The van der Waals surface area contributed by atoms with Crippen molar-refractivity contribution in [2.24, 2.45) is 10.9 Å². The minimum Gasteiger partial charge on any atom is -0.409 e. The monoisotopic (exact) mass is 296 g/mol. The third-order valence-corrected chi connectivity index (χ3v) is 2.80. The van der Waals surface area contributed by atoms with E-state index in [2.05, 4.69) is 15.8 Å². The van der Waals surface area contributed by atoms with Crippen molar-refractivity contribution in [2.45, 2.75) is 39.4 Å². The zero-order chi connectivity index (χ0) is 16.0. The fourth-order valence-corrected chi connectivity index (χ4v) is 1.73. The van der Waals surface area contributed by atoms with E-state index in [1.54, 1.807) is 13.0 Å². The summed E-state index contributed by atoms with van der Waals surface area (Å²) in [7, 11) is 0. The van der Waals surface area contributed by atoms with Gasteiger partial charge in [-0.05, 0) is 44.5 Å². The van der Waals surface area contributed by atoms with Gasteiger partial charge in [-0.3, -0.25) is 4.79 Å². The summed E-state index contributed by atoms with van der Waals surface area (Å²) in [5.41, 5.74) is 6.32. The number of benzene rings is 1. The fourth-order valence-electron chi connectivity index (χ4n) is 1.73. The van der Waals surface area contributed by atoms with Crippen molar-refractivity contribution in [1.29, 1.82) is 0 Å². The van der Waals surface area contributed by atoms with E-state index in [0.29, 0.717) is 5.56 Å². The van der Waals surface area contributed by atoms with Gasteiger partial charge in [0, 0.05) is 18.2 Å². The van der Waals surface area contributed by atoms with Gasteiger partial charge in [-0.25, -0.2) is 4.39 Å². The largest absolute Gasteiger partial charge is 0.409 e. The number of hydrogen-bond acceptors (Lipinski definition) is 4. The van der Waals surface area contributed by atoms with E-state index in [9.17, 15) is 9.18 Å². The highest BCUT2D eigenvalue weighted by molar-refractivity contribution is 5.97. The number of amides is 1. The number of carbonyl (C=O) groups excluding carboxylic acids is 1. The summed E-state index contributed by atoms with van der Waals surface area (Å²) < 4.78 is 13.5. The maximum atomic E-state index is 13.5. The molecule has 0 saturated heterocycles. The Bertz CT molecular complexity index is 532. The molecule has 1 aromatic carbocycles. The molecule has 0 spiro atoms. The Morgan fingerprint density at radius 2 is 2.05 bits per heavy atom. The van der Waals surface area contributed by atoms with Crippen molar-refractivity contribution >= 4 is 11.7 Å². The molecule has 6 nitrogen and oxygen atoms in total. The van der Waals surface area contributed by atoms with Crippen LogP contribution in [0.4, 0.5) is 4.39 Å². The highest BCUT2D eigenvalue weighted by Gasteiger charge is 2.13. The summed E-state index contributed by atoms with van der Waals surface area (Å²) in [6.07, 6.45) is 0. The first-order chi connectivity index (χ1) is 9.83. The van der Waals surface area contributed by atoms with Crippen LogP contribution in [0.15, 0.2) is 23.4 Å². The van der Waals surface area contributed by atoms with E-state index < -0.39 is 11.9 Å². The second-order valence-electron chi connectivity index (χ2n) is 5.10. The van der Waals surface area contributed by atoms with Gasteiger partial charge in [0.05, 0.1) is 6.04 Å². The molecule has 1 unspecified atom stereocenters. The lowest BCUT2D eigenvalue weighted by atomic mass is 10.1. The second kappa shape index (κ2) is 7.58. The van der Waals surface area contributed by atoms with E-state index >= 15 is 0 Å². The first-order valence-electron chi connectivity index (χ1n) is 6.64. The first kappa shape index (κ1) is 16.9. The lowest BCUT2D eigenvalue weighted by Crippen LogP contribution is -2.44. The van der Waals surface area contributed by atoms with Crippen LogP contribution in [0.1, 0.15) is 31.9 Å². The molecular formula is C14H21FN4O2. The molecule has 1 aromatic rings. The SMILES string of the molecule is CC(C)NC(=O)C(C)NCc1cc(F)cc(/C(N)=N/O)c1. The zero-order valence-electron chi connectivity index (χ0n) is 12.4. The van der Waals surface area contributed by atoms with E-state index in [1.165, 1.54) is 12.1 Å². The number of oxime groups is 1. The van der Waals surface area contributed by atoms with Crippen molar-refractivity contribution < 1.29 is 14.4 Å². The molecule has 0 aromatic heterocycles. The molecule has 0 saturated carbocycles. The highest BCUT2D eigenvalue weighted by atomic mass is 19.1. The van der Waals surface area contributed by atoms with Gasteiger partial charge in [0.1, 0.15) is 5.82 Å². The molecule has 21 heavy (non-hydrogen) atoms. The minimum atomic E-state index is -0.491. The summed E-state index contributed by atoms with van der Waals surface area (Å²) in [5.74, 6) is -0.783. The number of nitrogens with zero attached hydrogens (tertiary/aromatic N) is 1. The normalized spacial score (nSPS) is 13.3. The number of amidine groups is 1. The van der Waals surface area contributed by atoms with Gasteiger partial charge in [-0.15, -0.1) is 0 Å². The van der Waals surface area contributed by atoms with Crippen LogP contribution in [-0.4, -0.2) is 29.0 Å². The zero-order valence-corrected chi connectivity index (χ0v) is 12.4. The van der Waals surface area contributed by atoms with Gasteiger partial charge in [0.15, 0.2) is 5.84 Å². The summed E-state index contributed by atoms with van der Waals surface area (Å²) in [4.78, 5) is 11.7. The Hall–Kier alpha value is -2.15. The second-order valence-corrected chi connectivity index (χ2v) is 5.10. The summed E-state index contributed by atoms with van der Waals surface area (Å²) in [5, 5.41) is 17.2. The number of halogens is 1. The third kappa shape index (κ3) is 5.39. The topological polar surface area (TPSA) is 99.7 Å². The average Bonchev–Trinajstić information content (AvgIpc) is 2.42. The molecule has 0 heterocycles. The van der Waals surface area contributed by atoms with E-state index in [0.717, 1.165) is 0 Å². The Balaban J connectivity index is 2.71. The Morgan fingerprint density at radius 1 is 1.38 bits per heavy atom. The van der Waals surface area contributed by atoms with Crippen molar-refractivity contribution in [3.8, 4) is 0 Å². The third-order valence-electron chi connectivity index (χ3n) is 2.80. The molecule has 5 N–H and O–H groups in total. The Labute approximate surface area is 123 Å². The van der Waals surface area contributed by atoms with Gasteiger partial charge >= 0.3 is 0 Å². The number of nitrogens with two attached hydrogens (primary N) is 1. The Kier molecular flexibility index (Phi) is 6.10. The molecule has 1 rings (SSSR count). The predicted molar refractivity (Wildman–Crippen MR) is 78.5 cm³/mol. The fraction of sp³-hybridized carbons (Fsp3) is 0.429. The lowest BCUT2D eigenvalue weighted by Gasteiger charge is -2.16. The summed E-state index contributed by atoms with van der Waals surface area (Å²) in [6, 6.07) is 3.74. The summed E-state index contributed by atoms with van der Waals surface area (Å²) >= 11 is 0. The number of carbonyl (C=O) groups is 1. The highest BCUT2D eigenvalue weighted by Crippen LogP contribution is 2.09. The molecule has 1 atom stereocenters. The van der Waals surface area contributed by atoms with Crippen LogP contribution in [0, 0.1) is 5.82 Å². The van der Waals surface area contributed by atoms with Crippen molar-refractivity contribution in [3.05, 3.63) is 35.1 Å². The molecular weight excluding hydrogens is 275 g/mol. The van der Waals surface area contributed by atoms with Gasteiger partial charge in [0.2, 0.25) is 5.91 Å². The molecule has 0 aliphatic carbocycles. The van der Waals surface area contributed by atoms with E-state index in [-0.39, 0.29) is 29.9 Å². The van der Waals surface area contributed by atoms with Crippen LogP contribution in [0.3, 0.4) is 0 Å². The predicted octanol–water partition coefficient (Wildman–Crippen LogP) is 0.923. The molecule has 0 radical (unpaired) electrons. The van der Waals surface area contributed by atoms with Gasteiger partial charge in [0.25, 0.3) is 0 Å². The molecule has 0 fully saturated rings. The van der Waals surface area contributed by atoms with Crippen molar-refractivity contribution in [3.63, 3.8) is 0 Å². The van der Waals surface area contributed by atoms with Crippen LogP contribution in [0.2, 0.25) is 0 Å². The van der Waals surface area contributed by atoms with Crippen molar-refractivity contribution in [2.75, 3.05) is 0 Å². The lowest BCUT2D eigenvalue weighted by molar-refractivity contribution is -0.123. The molecule has 7 heteroatoms. The maximum Gasteiger partial charge on any atom is 0.237 e. The molecule has 0 aliphatic heterocycles. The number of hydrogen-bond donors (Lipinski definition) is 4. The molecule has 1 amide bonds. The smallest absolute Gasteiger partial charge is 0.237 e. The van der Waals surface area contributed by atoms with Crippen LogP contribution in [0.25, 0.3) is 0 Å². The minimum absolute atomic E-state index is 0.0584. The van der Waals surface area contributed by atoms with Crippen LogP contribution >= 0.6 is 0 Å². The van der Waals surface area contributed by atoms with E-state index in [4.69, 9.17) is 10.9 Å². The van der Waals surface area contributed by atoms with Gasteiger partial charge in [-0.1, -0.05) is 5.16 Å². The van der Waals surface area contributed by atoms with Gasteiger partial charge < -0.3 is 21.6 Å². The van der Waals surface area contributed by atoms with Crippen molar-refractivity contribution in [1.82, 2.24) is 10.6 Å². The van der Waals surface area contributed by atoms with Crippen LogP contribution < -0.4 is 16.4 Å². The number of rotatable bonds is 6. The number of nitrogens with one attached hydrogen (secondary N) is 2. The summed E-state index contributed by atoms with van der Waals surface area (Å²) in [6.45, 7) is 5.76. The maximum absolute atomic E-state index is 13.5. The van der Waals surface area contributed by atoms with Crippen LogP contribution in [-0.2, 0) is 11.3 Å². The molecule has 116 valence electrons. The molecule has 0 aliphatic rings. The van der Waals surface area contributed by atoms with Crippen LogP contribution in [0.5, 0.6) is 0 Å². The van der Waals surface area contributed by atoms with E-state index in [1.807, 2.05) is 13.8 Å². The standard InChI is InChI=1S/C14H21FN4O2/c1-8(2)18-14(20)9(3)17-7-10-4-11(13(16)19-21)6-12(15)5-10/h4-6,8-9,17,21H,7H2,1-3H3,(H2,16,19)(H,18,20). The molecule has 0 bridgehead atoms. The average molecular weight is 296 g/mol. The first-order valence-corrected chi connectivity index (χ1v) is 6.64. The van der Waals surface area contributed by atoms with Gasteiger partial charge in [-0.2, -0.15) is 0 Å². The quantitative estimate of drug-likeness (QED) is 0.271.